The van der Waals surface area contributed by atoms with Gasteiger partial charge in [-0.25, -0.2) is 0 Å². The van der Waals surface area contributed by atoms with Gasteiger partial charge in [0.1, 0.15) is 5.75 Å². The minimum atomic E-state index is -4.42. The van der Waals surface area contributed by atoms with Gasteiger partial charge in [-0.05, 0) is 62.3 Å². The van der Waals surface area contributed by atoms with E-state index in [0.717, 1.165) is 31.4 Å². The summed E-state index contributed by atoms with van der Waals surface area (Å²) in [7, 11) is 0. The number of aliphatic hydroxyl groups is 1. The Morgan fingerprint density at radius 3 is 2.54 bits per heavy atom. The van der Waals surface area contributed by atoms with Crippen molar-refractivity contribution in [1.82, 2.24) is 0 Å². The van der Waals surface area contributed by atoms with Crippen molar-refractivity contribution in [1.29, 1.82) is 0 Å². The Morgan fingerprint density at radius 1 is 1.33 bits per heavy atom. The van der Waals surface area contributed by atoms with Gasteiger partial charge in [0.25, 0.3) is 0 Å². The van der Waals surface area contributed by atoms with Crippen LogP contribution in [0.5, 0.6) is 5.75 Å². The molecule has 2 nitrogen and oxygen atoms in total. The first-order valence-electron chi connectivity index (χ1n) is 8.40. The monoisotopic (exact) mass is 342 g/mol. The van der Waals surface area contributed by atoms with Crippen LogP contribution >= 0.6 is 0 Å². The van der Waals surface area contributed by atoms with Crippen LogP contribution in [-0.2, 0) is 6.18 Å². The van der Waals surface area contributed by atoms with Crippen molar-refractivity contribution in [3.05, 3.63) is 35.4 Å². The molecule has 1 aliphatic carbocycles. The van der Waals surface area contributed by atoms with Gasteiger partial charge in [0.05, 0.1) is 18.3 Å². The minimum absolute atomic E-state index is 0.160. The number of halogens is 3. The van der Waals surface area contributed by atoms with Crippen LogP contribution in [-0.4, -0.2) is 17.8 Å². The highest BCUT2D eigenvalue weighted by Gasteiger charge is 2.32. The van der Waals surface area contributed by atoms with E-state index < -0.39 is 11.7 Å². The van der Waals surface area contributed by atoms with Gasteiger partial charge in [-0.3, -0.25) is 0 Å². The maximum Gasteiger partial charge on any atom is 0.416 e. The lowest BCUT2D eigenvalue weighted by molar-refractivity contribution is -0.137. The highest BCUT2D eigenvalue weighted by molar-refractivity contribution is 5.72. The Morgan fingerprint density at radius 2 is 2.04 bits per heavy atom. The summed E-state index contributed by atoms with van der Waals surface area (Å²) in [4.78, 5) is 0. The predicted molar refractivity (Wildman–Crippen MR) is 88.8 cm³/mol. The quantitative estimate of drug-likeness (QED) is 0.786. The van der Waals surface area contributed by atoms with E-state index in [-0.39, 0.29) is 12.7 Å². The summed E-state index contributed by atoms with van der Waals surface area (Å²) in [6, 6.07) is 3.45. The Labute approximate surface area is 141 Å². The van der Waals surface area contributed by atoms with Crippen molar-refractivity contribution in [2.75, 3.05) is 6.61 Å². The van der Waals surface area contributed by atoms with Crippen LogP contribution in [0.4, 0.5) is 13.2 Å². The Kier molecular flexibility index (Phi) is 5.97. The molecule has 0 spiro atoms. The van der Waals surface area contributed by atoms with Gasteiger partial charge in [0.15, 0.2) is 0 Å². The summed E-state index contributed by atoms with van der Waals surface area (Å²) >= 11 is 0. The molecule has 0 radical (unpaired) electrons. The second-order valence-corrected chi connectivity index (χ2v) is 6.90. The summed E-state index contributed by atoms with van der Waals surface area (Å²) in [5, 5.41) is 9.75. The van der Waals surface area contributed by atoms with Crippen molar-refractivity contribution in [3.8, 4) is 5.75 Å². The average molecular weight is 342 g/mol. The van der Waals surface area contributed by atoms with Crippen LogP contribution in [0.2, 0.25) is 0 Å². The van der Waals surface area contributed by atoms with Crippen LogP contribution < -0.4 is 4.74 Å². The molecule has 1 fully saturated rings. The Hall–Kier alpha value is -1.49. The smallest absolute Gasteiger partial charge is 0.416 e. The lowest BCUT2D eigenvalue weighted by Gasteiger charge is -2.18. The Bertz CT molecular complexity index is 591. The first-order chi connectivity index (χ1) is 11.2. The zero-order valence-electron chi connectivity index (χ0n) is 14.4. The average Bonchev–Trinajstić information content (AvgIpc) is 2.89. The lowest BCUT2D eigenvalue weighted by Crippen LogP contribution is -2.11. The second-order valence-electron chi connectivity index (χ2n) is 6.90. The second kappa shape index (κ2) is 7.60. The zero-order chi connectivity index (χ0) is 17.9. The molecule has 5 heteroatoms. The van der Waals surface area contributed by atoms with Gasteiger partial charge in [-0.1, -0.05) is 19.4 Å². The van der Waals surface area contributed by atoms with Gasteiger partial charge < -0.3 is 9.84 Å². The van der Waals surface area contributed by atoms with Crippen molar-refractivity contribution >= 4 is 5.57 Å². The number of benzene rings is 1. The largest absolute Gasteiger partial charge is 0.490 e. The van der Waals surface area contributed by atoms with Gasteiger partial charge in [0.2, 0.25) is 0 Å². The van der Waals surface area contributed by atoms with Crippen LogP contribution in [0.15, 0.2) is 24.3 Å². The normalized spacial score (nSPS) is 22.2. The summed E-state index contributed by atoms with van der Waals surface area (Å²) in [6.45, 7) is 5.51. The predicted octanol–water partition coefficient (Wildman–Crippen LogP) is 5.30. The summed E-state index contributed by atoms with van der Waals surface area (Å²) in [5.74, 6) is 1.28. The van der Waals surface area contributed by atoms with Crippen molar-refractivity contribution in [2.45, 2.75) is 52.3 Å². The maximum absolute atomic E-state index is 13.1. The SMILES string of the molecule is CC(C)Oc1ccc(C(F)(F)F)cc1/C(=C/[C@@H]1CC[C@H](C)C1)CO. The molecular weight excluding hydrogens is 317 g/mol. The lowest BCUT2D eigenvalue weighted by atomic mass is 9.96. The Balaban J connectivity index is 2.44. The number of aliphatic hydroxyl groups excluding tert-OH is 1. The fraction of sp³-hybridized carbons (Fsp3) is 0.579. The molecule has 0 bridgehead atoms. The van der Waals surface area contributed by atoms with E-state index in [0.29, 0.717) is 28.7 Å². The third kappa shape index (κ3) is 4.76. The molecule has 24 heavy (non-hydrogen) atoms. The number of ether oxygens (including phenoxy) is 1. The molecule has 134 valence electrons. The fourth-order valence-electron chi connectivity index (χ4n) is 3.23. The molecule has 0 amide bonds. The number of allylic oxidation sites excluding steroid dienone is 1. The van der Waals surface area contributed by atoms with Gasteiger partial charge in [0, 0.05) is 5.56 Å². The van der Waals surface area contributed by atoms with Crippen molar-refractivity contribution in [2.24, 2.45) is 11.8 Å². The number of alkyl halides is 3. The standard InChI is InChI=1S/C19H25F3O2/c1-12(2)24-18-7-6-16(19(20,21)22)10-17(18)15(11-23)9-14-5-4-13(3)8-14/h6-7,9-10,12-14,23H,4-5,8,11H2,1-3H3/b15-9+/t13-,14+/m0/s1. The third-order valence-corrected chi connectivity index (χ3v) is 4.36. The molecule has 0 heterocycles. The highest BCUT2D eigenvalue weighted by Crippen LogP contribution is 2.38. The molecule has 1 saturated carbocycles. The molecule has 1 N–H and O–H groups in total. The van der Waals surface area contributed by atoms with E-state index in [9.17, 15) is 18.3 Å². The molecule has 1 aromatic carbocycles. The number of hydrogen-bond acceptors (Lipinski definition) is 2. The molecule has 0 unspecified atom stereocenters. The van der Waals surface area contributed by atoms with Crippen LogP contribution in [0.1, 0.15) is 51.2 Å². The minimum Gasteiger partial charge on any atom is -0.490 e. The van der Waals surface area contributed by atoms with Crippen molar-refractivity contribution < 1.29 is 23.0 Å². The van der Waals surface area contributed by atoms with E-state index in [1.165, 1.54) is 6.07 Å². The van der Waals surface area contributed by atoms with Crippen LogP contribution in [0.3, 0.4) is 0 Å². The molecule has 2 atom stereocenters. The maximum atomic E-state index is 13.1. The van der Waals surface area contributed by atoms with Crippen molar-refractivity contribution in [3.63, 3.8) is 0 Å². The van der Waals surface area contributed by atoms with E-state index in [2.05, 4.69) is 6.92 Å². The molecule has 0 saturated heterocycles. The van der Waals surface area contributed by atoms with Gasteiger partial charge >= 0.3 is 6.18 Å². The van der Waals surface area contributed by atoms with E-state index >= 15 is 0 Å². The van der Waals surface area contributed by atoms with E-state index in [1.807, 2.05) is 19.9 Å². The summed E-state index contributed by atoms with van der Waals surface area (Å²) in [6.07, 6.45) is 0.455. The molecule has 1 aliphatic rings. The molecule has 2 rings (SSSR count). The van der Waals surface area contributed by atoms with Crippen LogP contribution in [0.25, 0.3) is 5.57 Å². The van der Waals surface area contributed by atoms with E-state index in [4.69, 9.17) is 4.74 Å². The molecular formula is C19H25F3O2. The number of hydrogen-bond donors (Lipinski definition) is 1. The van der Waals surface area contributed by atoms with E-state index in [1.54, 1.807) is 0 Å². The summed E-state index contributed by atoms with van der Waals surface area (Å²) in [5.41, 5.74) is 0.115. The molecule has 0 aromatic heterocycles. The first-order valence-corrected chi connectivity index (χ1v) is 8.40. The third-order valence-electron chi connectivity index (χ3n) is 4.36. The number of rotatable bonds is 5. The van der Waals surface area contributed by atoms with Gasteiger partial charge in [-0.2, -0.15) is 13.2 Å². The zero-order valence-corrected chi connectivity index (χ0v) is 14.4. The highest BCUT2D eigenvalue weighted by atomic mass is 19.4. The van der Waals surface area contributed by atoms with Crippen LogP contribution in [0, 0.1) is 11.8 Å². The molecule has 1 aromatic rings. The molecule has 0 aliphatic heterocycles. The summed E-state index contributed by atoms with van der Waals surface area (Å²) < 4.78 is 44.9. The fourth-order valence-corrected chi connectivity index (χ4v) is 3.23. The van der Waals surface area contributed by atoms with Gasteiger partial charge in [-0.15, -0.1) is 0 Å². The first kappa shape index (κ1) is 18.8. The topological polar surface area (TPSA) is 29.5 Å².